The third-order valence-corrected chi connectivity index (χ3v) is 3.16. The third kappa shape index (κ3) is 2.20. The van der Waals surface area contributed by atoms with Crippen LogP contribution in [0.15, 0.2) is 22.7 Å². The van der Waals surface area contributed by atoms with Crippen LogP contribution >= 0.6 is 15.9 Å². The van der Waals surface area contributed by atoms with Crippen LogP contribution in [0.2, 0.25) is 0 Å². The van der Waals surface area contributed by atoms with E-state index in [0.29, 0.717) is 6.54 Å². The molecule has 1 aromatic carbocycles. The van der Waals surface area contributed by atoms with E-state index in [9.17, 15) is 4.79 Å². The Bertz CT molecular complexity index is 409. The molecule has 0 radical (unpaired) electrons. The van der Waals surface area contributed by atoms with E-state index in [1.165, 1.54) is 0 Å². The fourth-order valence-electron chi connectivity index (χ4n) is 1.73. The molecule has 1 heterocycles. The average Bonchev–Trinajstić information content (AvgIpc) is 2.29. The predicted molar refractivity (Wildman–Crippen MR) is 64.4 cm³/mol. The van der Waals surface area contributed by atoms with Crippen molar-refractivity contribution in [3.05, 3.63) is 28.2 Å². The van der Waals surface area contributed by atoms with Gasteiger partial charge >= 0.3 is 0 Å². The van der Waals surface area contributed by atoms with Crippen molar-refractivity contribution in [2.24, 2.45) is 0 Å². The Morgan fingerprint density at radius 1 is 1.44 bits per heavy atom. The Hall–Kier alpha value is -1.07. The summed E-state index contributed by atoms with van der Waals surface area (Å²) in [5.74, 6) is 0.781. The van der Waals surface area contributed by atoms with Crippen LogP contribution in [0.4, 0.5) is 0 Å². The summed E-state index contributed by atoms with van der Waals surface area (Å²) >= 11 is 3.41. The van der Waals surface area contributed by atoms with E-state index in [1.54, 1.807) is 7.11 Å². The van der Waals surface area contributed by atoms with Gasteiger partial charge in [0.25, 0.3) is 0 Å². The molecule has 0 aliphatic carbocycles. The monoisotopic (exact) mass is 284 g/mol. The molecule has 2 N–H and O–H groups in total. The molecule has 0 bridgehead atoms. The van der Waals surface area contributed by atoms with Crippen molar-refractivity contribution in [2.75, 3.05) is 20.2 Å². The van der Waals surface area contributed by atoms with Crippen molar-refractivity contribution in [3.8, 4) is 5.75 Å². The van der Waals surface area contributed by atoms with E-state index in [-0.39, 0.29) is 11.9 Å². The maximum absolute atomic E-state index is 11.6. The predicted octanol–water partition coefficient (Wildman–Crippen LogP) is 1.22. The number of methoxy groups -OCH3 is 1. The quantitative estimate of drug-likeness (QED) is 0.859. The molecule has 1 fully saturated rings. The number of hydrogen-bond acceptors (Lipinski definition) is 3. The number of hydrogen-bond donors (Lipinski definition) is 2. The molecule has 1 atom stereocenters. The van der Waals surface area contributed by atoms with E-state index < -0.39 is 0 Å². The number of ether oxygens (including phenoxy) is 1. The molecule has 86 valence electrons. The van der Waals surface area contributed by atoms with Crippen molar-refractivity contribution in [2.45, 2.75) is 6.04 Å². The molecular weight excluding hydrogens is 272 g/mol. The van der Waals surface area contributed by atoms with Crippen LogP contribution in [-0.2, 0) is 4.79 Å². The van der Waals surface area contributed by atoms with E-state index >= 15 is 0 Å². The Labute approximate surface area is 102 Å². The van der Waals surface area contributed by atoms with Gasteiger partial charge in [0.15, 0.2) is 0 Å². The molecule has 1 unspecified atom stereocenters. The van der Waals surface area contributed by atoms with Gasteiger partial charge < -0.3 is 15.4 Å². The SMILES string of the molecule is COc1ccc(C2NCCNC2=O)cc1Br. The first-order valence-electron chi connectivity index (χ1n) is 5.07. The number of benzene rings is 1. The van der Waals surface area contributed by atoms with Gasteiger partial charge in [-0.15, -0.1) is 0 Å². The fraction of sp³-hybridized carbons (Fsp3) is 0.364. The maximum Gasteiger partial charge on any atom is 0.241 e. The number of amides is 1. The van der Waals surface area contributed by atoms with E-state index in [1.807, 2.05) is 18.2 Å². The van der Waals surface area contributed by atoms with Gasteiger partial charge in [-0.3, -0.25) is 4.79 Å². The van der Waals surface area contributed by atoms with Gasteiger partial charge in [-0.25, -0.2) is 0 Å². The summed E-state index contributed by atoms with van der Waals surface area (Å²) in [5, 5.41) is 6.01. The Kier molecular flexibility index (Phi) is 3.46. The molecule has 16 heavy (non-hydrogen) atoms. The number of carbonyl (C=O) groups excluding carboxylic acids is 1. The van der Waals surface area contributed by atoms with Crippen molar-refractivity contribution in [1.29, 1.82) is 0 Å². The summed E-state index contributed by atoms with van der Waals surface area (Å²) < 4.78 is 6.00. The molecule has 1 aliphatic heterocycles. The van der Waals surface area contributed by atoms with Crippen molar-refractivity contribution in [3.63, 3.8) is 0 Å². The highest BCUT2D eigenvalue weighted by molar-refractivity contribution is 9.10. The largest absolute Gasteiger partial charge is 0.496 e. The molecule has 0 aromatic heterocycles. The van der Waals surface area contributed by atoms with Crippen LogP contribution in [0.1, 0.15) is 11.6 Å². The number of carbonyl (C=O) groups is 1. The lowest BCUT2D eigenvalue weighted by atomic mass is 10.0. The lowest BCUT2D eigenvalue weighted by molar-refractivity contribution is -0.124. The molecule has 1 saturated heterocycles. The van der Waals surface area contributed by atoms with Gasteiger partial charge in [-0.1, -0.05) is 6.07 Å². The molecule has 1 amide bonds. The summed E-state index contributed by atoms with van der Waals surface area (Å²) in [6.45, 7) is 1.48. The van der Waals surface area contributed by atoms with Crippen molar-refractivity contribution in [1.82, 2.24) is 10.6 Å². The maximum atomic E-state index is 11.6. The molecule has 1 aliphatic rings. The van der Waals surface area contributed by atoms with Gasteiger partial charge in [0.05, 0.1) is 11.6 Å². The smallest absolute Gasteiger partial charge is 0.241 e. The highest BCUT2D eigenvalue weighted by Crippen LogP contribution is 2.28. The van der Waals surface area contributed by atoms with Crippen LogP contribution in [0.3, 0.4) is 0 Å². The van der Waals surface area contributed by atoms with Crippen LogP contribution in [0.5, 0.6) is 5.75 Å². The van der Waals surface area contributed by atoms with Crippen LogP contribution in [-0.4, -0.2) is 26.1 Å². The van der Waals surface area contributed by atoms with Crippen LogP contribution < -0.4 is 15.4 Å². The summed E-state index contributed by atoms with van der Waals surface area (Å²) in [6.07, 6.45) is 0. The topological polar surface area (TPSA) is 50.4 Å². The van der Waals surface area contributed by atoms with Gasteiger partial charge in [-0.2, -0.15) is 0 Å². The minimum atomic E-state index is -0.268. The zero-order valence-electron chi connectivity index (χ0n) is 8.92. The molecule has 2 rings (SSSR count). The lowest BCUT2D eigenvalue weighted by Gasteiger charge is -2.24. The first-order chi connectivity index (χ1) is 7.72. The van der Waals surface area contributed by atoms with E-state index in [0.717, 1.165) is 22.3 Å². The Morgan fingerprint density at radius 3 is 2.88 bits per heavy atom. The zero-order chi connectivity index (χ0) is 11.5. The Morgan fingerprint density at radius 2 is 2.25 bits per heavy atom. The zero-order valence-corrected chi connectivity index (χ0v) is 10.5. The van der Waals surface area contributed by atoms with Gasteiger partial charge in [0.1, 0.15) is 11.8 Å². The highest BCUT2D eigenvalue weighted by atomic mass is 79.9. The number of halogens is 1. The first-order valence-corrected chi connectivity index (χ1v) is 5.86. The normalized spacial score (nSPS) is 20.4. The molecule has 4 nitrogen and oxygen atoms in total. The van der Waals surface area contributed by atoms with Crippen LogP contribution in [0.25, 0.3) is 0 Å². The average molecular weight is 285 g/mol. The standard InChI is InChI=1S/C11H13BrN2O2/c1-16-9-3-2-7(6-8(9)12)10-11(15)14-5-4-13-10/h2-3,6,10,13H,4-5H2,1H3,(H,14,15). The minimum absolute atomic E-state index is 0.0170. The van der Waals surface area contributed by atoms with Gasteiger partial charge in [0, 0.05) is 13.1 Å². The minimum Gasteiger partial charge on any atom is -0.496 e. The van der Waals surface area contributed by atoms with E-state index in [4.69, 9.17) is 4.74 Å². The summed E-state index contributed by atoms with van der Waals surface area (Å²) in [7, 11) is 1.62. The summed E-state index contributed by atoms with van der Waals surface area (Å²) in [4.78, 5) is 11.6. The van der Waals surface area contributed by atoms with Gasteiger partial charge in [-0.05, 0) is 33.6 Å². The summed E-state index contributed by atoms with van der Waals surface area (Å²) in [5.41, 5.74) is 0.935. The van der Waals surface area contributed by atoms with Crippen LogP contribution in [0, 0.1) is 0 Å². The van der Waals surface area contributed by atoms with Gasteiger partial charge in [0.2, 0.25) is 5.91 Å². The van der Waals surface area contributed by atoms with Crippen molar-refractivity contribution >= 4 is 21.8 Å². The first kappa shape index (κ1) is 11.4. The van der Waals surface area contributed by atoms with E-state index in [2.05, 4.69) is 26.6 Å². The summed E-state index contributed by atoms with van der Waals surface area (Å²) in [6, 6.07) is 5.38. The second-order valence-electron chi connectivity index (χ2n) is 3.57. The fourth-order valence-corrected chi connectivity index (χ4v) is 2.29. The number of piperazine rings is 1. The molecule has 0 spiro atoms. The molecule has 1 aromatic rings. The number of rotatable bonds is 2. The highest BCUT2D eigenvalue weighted by Gasteiger charge is 2.23. The lowest BCUT2D eigenvalue weighted by Crippen LogP contribution is -2.47. The van der Waals surface area contributed by atoms with Crippen molar-refractivity contribution < 1.29 is 9.53 Å². The molecular formula is C11H13BrN2O2. The number of nitrogens with one attached hydrogen (secondary N) is 2. The molecule has 0 saturated carbocycles. The second-order valence-corrected chi connectivity index (χ2v) is 4.43. The second kappa shape index (κ2) is 4.84. The molecule has 5 heteroatoms. The third-order valence-electron chi connectivity index (χ3n) is 2.54. The Balaban J connectivity index is 2.26.